The van der Waals surface area contributed by atoms with Crippen LogP contribution in [0.1, 0.15) is 50.5 Å². The van der Waals surface area contributed by atoms with E-state index < -0.39 is 6.10 Å². The molecular formula is C20H26N2O4. The van der Waals surface area contributed by atoms with Gasteiger partial charge < -0.3 is 19.2 Å². The van der Waals surface area contributed by atoms with E-state index in [2.05, 4.69) is 5.16 Å². The quantitative estimate of drug-likeness (QED) is 0.811. The van der Waals surface area contributed by atoms with Gasteiger partial charge in [-0.2, -0.15) is 0 Å². The number of hydrogen-bond acceptors (Lipinski definition) is 5. The molecule has 6 nitrogen and oxygen atoms in total. The zero-order chi connectivity index (χ0) is 17.9. The largest absolute Gasteiger partial charge is 0.493 e. The lowest BCUT2D eigenvalue weighted by Crippen LogP contribution is -2.37. The molecule has 1 saturated heterocycles. The van der Waals surface area contributed by atoms with Crippen molar-refractivity contribution in [2.24, 2.45) is 5.16 Å². The minimum Gasteiger partial charge on any atom is -0.493 e. The molecular weight excluding hydrogens is 332 g/mol. The van der Waals surface area contributed by atoms with Gasteiger partial charge >= 0.3 is 0 Å². The van der Waals surface area contributed by atoms with Gasteiger partial charge in [-0.15, -0.1) is 0 Å². The average molecular weight is 358 g/mol. The predicted molar refractivity (Wildman–Crippen MR) is 97.7 cm³/mol. The van der Waals surface area contributed by atoms with E-state index in [0.29, 0.717) is 6.42 Å². The van der Waals surface area contributed by atoms with Gasteiger partial charge in [0, 0.05) is 25.1 Å². The normalized spacial score (nSPS) is 23.0. The Morgan fingerprint density at radius 3 is 2.65 bits per heavy atom. The van der Waals surface area contributed by atoms with Crippen LogP contribution in [0.4, 0.5) is 0 Å². The highest BCUT2D eigenvalue weighted by Gasteiger charge is 2.33. The van der Waals surface area contributed by atoms with E-state index >= 15 is 0 Å². The van der Waals surface area contributed by atoms with Gasteiger partial charge in [0.05, 0.1) is 18.9 Å². The summed E-state index contributed by atoms with van der Waals surface area (Å²) in [5.41, 5.74) is 1.72. The van der Waals surface area contributed by atoms with Crippen molar-refractivity contribution in [1.29, 1.82) is 0 Å². The van der Waals surface area contributed by atoms with Gasteiger partial charge in [0.15, 0.2) is 11.5 Å². The number of oxime groups is 1. The van der Waals surface area contributed by atoms with Crippen LogP contribution in [0.25, 0.3) is 0 Å². The first-order valence-corrected chi connectivity index (χ1v) is 9.61. The van der Waals surface area contributed by atoms with Crippen molar-refractivity contribution < 1.29 is 19.1 Å². The smallest absolute Gasteiger partial charge is 0.266 e. The fourth-order valence-corrected chi connectivity index (χ4v) is 3.96. The number of benzene rings is 1. The molecule has 2 fully saturated rings. The SMILES string of the molecule is COc1ccc(C2=NOC(C(=O)N3CCCC3)C2)cc1OC1CCCC1. The number of carbonyl (C=O) groups is 1. The summed E-state index contributed by atoms with van der Waals surface area (Å²) >= 11 is 0. The Morgan fingerprint density at radius 2 is 1.92 bits per heavy atom. The van der Waals surface area contributed by atoms with Crippen LogP contribution in [0.15, 0.2) is 23.4 Å². The number of rotatable bonds is 5. The number of nitrogens with zero attached hydrogens (tertiary/aromatic N) is 2. The van der Waals surface area contributed by atoms with E-state index in [0.717, 1.165) is 61.5 Å². The molecule has 1 amide bonds. The molecule has 0 spiro atoms. The summed E-state index contributed by atoms with van der Waals surface area (Å²) in [7, 11) is 1.65. The molecule has 140 valence electrons. The van der Waals surface area contributed by atoms with Crippen molar-refractivity contribution >= 4 is 11.6 Å². The third-order valence-electron chi connectivity index (χ3n) is 5.45. The summed E-state index contributed by atoms with van der Waals surface area (Å²) in [6.45, 7) is 1.66. The van der Waals surface area contributed by atoms with Crippen LogP contribution in [-0.2, 0) is 9.63 Å². The van der Waals surface area contributed by atoms with Crippen LogP contribution in [0.5, 0.6) is 11.5 Å². The Morgan fingerprint density at radius 1 is 1.15 bits per heavy atom. The van der Waals surface area contributed by atoms with Crippen molar-refractivity contribution in [3.8, 4) is 11.5 Å². The van der Waals surface area contributed by atoms with Crippen LogP contribution in [-0.4, -0.2) is 48.9 Å². The summed E-state index contributed by atoms with van der Waals surface area (Å²) in [4.78, 5) is 19.8. The molecule has 4 rings (SSSR count). The highest BCUT2D eigenvalue weighted by Crippen LogP contribution is 2.33. The van der Waals surface area contributed by atoms with Crippen molar-refractivity contribution in [1.82, 2.24) is 4.90 Å². The van der Waals surface area contributed by atoms with Crippen LogP contribution >= 0.6 is 0 Å². The number of carbonyl (C=O) groups excluding carboxylic acids is 1. The second kappa shape index (κ2) is 7.56. The van der Waals surface area contributed by atoms with Gasteiger partial charge in [-0.1, -0.05) is 5.16 Å². The van der Waals surface area contributed by atoms with Gasteiger partial charge in [0.1, 0.15) is 0 Å². The minimum atomic E-state index is -0.496. The van der Waals surface area contributed by atoms with Crippen LogP contribution < -0.4 is 9.47 Å². The third-order valence-corrected chi connectivity index (χ3v) is 5.45. The maximum absolute atomic E-state index is 12.5. The number of amides is 1. The molecule has 26 heavy (non-hydrogen) atoms. The minimum absolute atomic E-state index is 0.0530. The first kappa shape index (κ1) is 17.2. The molecule has 1 saturated carbocycles. The molecule has 1 aliphatic carbocycles. The maximum Gasteiger partial charge on any atom is 0.266 e. The fourth-order valence-electron chi connectivity index (χ4n) is 3.96. The molecule has 3 aliphatic rings. The van der Waals surface area contributed by atoms with E-state index in [1.165, 1.54) is 12.8 Å². The second-order valence-corrected chi connectivity index (χ2v) is 7.26. The van der Waals surface area contributed by atoms with E-state index in [4.69, 9.17) is 14.3 Å². The Kier molecular flexibility index (Phi) is 5.00. The van der Waals surface area contributed by atoms with Gasteiger partial charge in [-0.05, 0) is 56.7 Å². The number of likely N-dealkylation sites (tertiary alicyclic amines) is 1. The number of methoxy groups -OCH3 is 1. The topological polar surface area (TPSA) is 60.4 Å². The van der Waals surface area contributed by atoms with E-state index in [9.17, 15) is 4.79 Å². The lowest BCUT2D eigenvalue weighted by molar-refractivity contribution is -0.140. The second-order valence-electron chi connectivity index (χ2n) is 7.26. The monoisotopic (exact) mass is 358 g/mol. The average Bonchev–Trinajstić information content (AvgIpc) is 3.42. The van der Waals surface area contributed by atoms with Crippen molar-refractivity contribution in [2.45, 2.75) is 57.2 Å². The standard InChI is InChI=1S/C20H26N2O4/c1-24-17-9-8-14(12-18(17)25-15-6-2-3-7-15)16-13-19(26-21-16)20(23)22-10-4-5-11-22/h8-9,12,15,19H,2-7,10-11,13H2,1H3. The maximum atomic E-state index is 12.5. The van der Waals surface area contributed by atoms with E-state index in [-0.39, 0.29) is 12.0 Å². The third kappa shape index (κ3) is 3.50. The lowest BCUT2D eigenvalue weighted by Gasteiger charge is -2.18. The molecule has 2 aliphatic heterocycles. The molecule has 6 heteroatoms. The number of ether oxygens (including phenoxy) is 2. The van der Waals surface area contributed by atoms with Crippen LogP contribution in [0, 0.1) is 0 Å². The molecule has 0 radical (unpaired) electrons. The first-order valence-electron chi connectivity index (χ1n) is 9.61. The molecule has 0 bridgehead atoms. The van der Waals surface area contributed by atoms with Gasteiger partial charge in [0.25, 0.3) is 5.91 Å². The first-order chi connectivity index (χ1) is 12.7. The van der Waals surface area contributed by atoms with E-state index in [1.807, 2.05) is 23.1 Å². The number of hydrogen-bond donors (Lipinski definition) is 0. The Balaban J connectivity index is 1.46. The molecule has 1 atom stereocenters. The zero-order valence-electron chi connectivity index (χ0n) is 15.3. The summed E-state index contributed by atoms with van der Waals surface area (Å²) in [6.07, 6.45) is 7.02. The predicted octanol–water partition coefficient (Wildman–Crippen LogP) is 3.13. The molecule has 1 aromatic rings. The molecule has 2 heterocycles. The molecule has 1 aromatic carbocycles. The molecule has 0 aromatic heterocycles. The van der Waals surface area contributed by atoms with Gasteiger partial charge in [0.2, 0.25) is 6.10 Å². The van der Waals surface area contributed by atoms with Crippen molar-refractivity contribution in [3.63, 3.8) is 0 Å². The van der Waals surface area contributed by atoms with Crippen LogP contribution in [0.3, 0.4) is 0 Å². The molecule has 1 unspecified atom stereocenters. The van der Waals surface area contributed by atoms with Gasteiger partial charge in [-0.25, -0.2) is 0 Å². The fraction of sp³-hybridized carbons (Fsp3) is 0.600. The highest BCUT2D eigenvalue weighted by atomic mass is 16.6. The summed E-state index contributed by atoms with van der Waals surface area (Å²) < 4.78 is 11.6. The molecule has 0 N–H and O–H groups in total. The van der Waals surface area contributed by atoms with Crippen molar-refractivity contribution in [3.05, 3.63) is 23.8 Å². The van der Waals surface area contributed by atoms with Gasteiger partial charge in [-0.3, -0.25) is 4.79 Å². The lowest BCUT2D eigenvalue weighted by atomic mass is 10.0. The van der Waals surface area contributed by atoms with Crippen LogP contribution in [0.2, 0.25) is 0 Å². The summed E-state index contributed by atoms with van der Waals surface area (Å²) in [5, 5.41) is 4.18. The van der Waals surface area contributed by atoms with E-state index in [1.54, 1.807) is 7.11 Å². The zero-order valence-corrected chi connectivity index (χ0v) is 15.3. The Bertz CT molecular complexity index is 691. The summed E-state index contributed by atoms with van der Waals surface area (Å²) in [5.74, 6) is 1.52. The highest BCUT2D eigenvalue weighted by molar-refractivity contribution is 6.04. The summed E-state index contributed by atoms with van der Waals surface area (Å²) in [6, 6.07) is 5.81. The Hall–Kier alpha value is -2.24. The van der Waals surface area contributed by atoms with Crippen molar-refractivity contribution in [2.75, 3.05) is 20.2 Å². The Labute approximate surface area is 154 Å².